The summed E-state index contributed by atoms with van der Waals surface area (Å²) in [5.74, 6) is 1.02. The number of aromatic nitrogens is 3. The molecule has 1 atom stereocenters. The molecule has 0 fully saturated rings. The number of rotatable bonds is 6. The fourth-order valence-electron chi connectivity index (χ4n) is 3.15. The van der Waals surface area contributed by atoms with Gasteiger partial charge in [0, 0.05) is 5.56 Å². The quantitative estimate of drug-likeness (QED) is 0.708. The summed E-state index contributed by atoms with van der Waals surface area (Å²) in [6.07, 6.45) is 1.65. The maximum Gasteiger partial charge on any atom is 0.229 e. The van der Waals surface area contributed by atoms with Crippen molar-refractivity contribution in [3.8, 4) is 11.5 Å². The first-order valence-corrected chi connectivity index (χ1v) is 8.98. The van der Waals surface area contributed by atoms with Gasteiger partial charge in [-0.05, 0) is 30.7 Å². The average Bonchev–Trinajstić information content (AvgIpc) is 3.16. The monoisotopic (exact) mass is 382 g/mol. The first-order chi connectivity index (χ1) is 13.7. The Kier molecular flexibility index (Phi) is 4.92. The van der Waals surface area contributed by atoms with E-state index >= 15 is 0 Å². The maximum atomic E-state index is 13.8. The first-order valence-electron chi connectivity index (χ1n) is 8.98. The zero-order valence-electron chi connectivity index (χ0n) is 15.3. The number of amides is 1. The lowest BCUT2D eigenvalue weighted by Crippen LogP contribution is -2.29. The molecule has 0 bridgehead atoms. The molecule has 28 heavy (non-hydrogen) atoms. The number of nitrogens with one attached hydrogen (secondary N) is 1. The molecule has 7 nitrogen and oxygen atoms in total. The van der Waals surface area contributed by atoms with E-state index in [1.165, 1.54) is 12.4 Å². The highest BCUT2D eigenvalue weighted by molar-refractivity contribution is 5.91. The summed E-state index contributed by atoms with van der Waals surface area (Å²) in [5.41, 5.74) is 1.31. The van der Waals surface area contributed by atoms with Crippen LogP contribution < -0.4 is 14.8 Å². The molecule has 0 unspecified atom stereocenters. The summed E-state index contributed by atoms with van der Waals surface area (Å²) in [6.45, 7) is 2.40. The highest BCUT2D eigenvalue weighted by atomic mass is 19.1. The topological polar surface area (TPSA) is 78.3 Å². The summed E-state index contributed by atoms with van der Waals surface area (Å²) in [7, 11) is 0. The third kappa shape index (κ3) is 3.53. The van der Waals surface area contributed by atoms with Gasteiger partial charge in [0.1, 0.15) is 18.8 Å². The molecule has 2 heterocycles. The van der Waals surface area contributed by atoms with Gasteiger partial charge in [0.15, 0.2) is 11.5 Å². The lowest BCUT2D eigenvalue weighted by molar-refractivity contribution is -0.117. The van der Waals surface area contributed by atoms with E-state index in [0.717, 1.165) is 5.56 Å². The molecule has 1 aliphatic heterocycles. The van der Waals surface area contributed by atoms with Crippen molar-refractivity contribution in [3.05, 3.63) is 65.7 Å². The van der Waals surface area contributed by atoms with E-state index in [4.69, 9.17) is 9.47 Å². The Morgan fingerprint density at radius 1 is 1.21 bits per heavy atom. The number of fused-ring (bicyclic) bond motifs is 1. The third-order valence-corrected chi connectivity index (χ3v) is 4.49. The summed E-state index contributed by atoms with van der Waals surface area (Å²) < 4.78 is 27.0. The van der Waals surface area contributed by atoms with E-state index in [9.17, 15) is 9.18 Å². The van der Waals surface area contributed by atoms with E-state index in [2.05, 4.69) is 15.4 Å². The van der Waals surface area contributed by atoms with E-state index in [1.807, 2.05) is 19.1 Å². The summed E-state index contributed by atoms with van der Waals surface area (Å²) in [4.78, 5) is 16.1. The molecule has 1 aromatic heterocycles. The van der Waals surface area contributed by atoms with Crippen LogP contribution in [-0.4, -0.2) is 27.3 Å². The van der Waals surface area contributed by atoms with Gasteiger partial charge in [-0.15, -0.1) is 0 Å². The van der Waals surface area contributed by atoms with Crippen molar-refractivity contribution in [2.24, 2.45) is 0 Å². The summed E-state index contributed by atoms with van der Waals surface area (Å²) in [5, 5.41) is 6.90. The molecule has 3 aromatic rings. The predicted octanol–water partition coefficient (Wildman–Crippen LogP) is 3.33. The fourth-order valence-corrected chi connectivity index (χ4v) is 3.15. The lowest BCUT2D eigenvalue weighted by atomic mass is 10.0. The highest BCUT2D eigenvalue weighted by Gasteiger charge is 2.28. The Morgan fingerprint density at radius 3 is 2.89 bits per heavy atom. The molecule has 0 spiro atoms. The minimum atomic E-state index is -0.316. The predicted molar refractivity (Wildman–Crippen MR) is 99.8 cm³/mol. The molecule has 2 aromatic carbocycles. The van der Waals surface area contributed by atoms with Gasteiger partial charge in [0.25, 0.3) is 0 Å². The van der Waals surface area contributed by atoms with Gasteiger partial charge in [-0.3, -0.25) is 10.1 Å². The van der Waals surface area contributed by atoms with E-state index in [-0.39, 0.29) is 30.8 Å². The first kappa shape index (κ1) is 18.0. The molecular weight excluding hydrogens is 363 g/mol. The number of hydrogen-bond acceptors (Lipinski definition) is 5. The van der Waals surface area contributed by atoms with Crippen LogP contribution in [-0.2, 0) is 11.4 Å². The molecule has 0 aliphatic carbocycles. The van der Waals surface area contributed by atoms with Crippen LogP contribution in [0.4, 0.5) is 10.3 Å². The molecule has 8 heteroatoms. The zero-order chi connectivity index (χ0) is 19.5. The zero-order valence-corrected chi connectivity index (χ0v) is 15.3. The standard InChI is InChI=1S/C20H19FN4O3/c1-2-27-18-9-13(16-10-19(26)24-20-22-12-23-25(16)20)7-8-17(18)28-11-14-5-3-4-6-15(14)21/h3-9,12,16H,2,10-11H2,1H3,(H,22,23,24,26)/t16-/m1/s1. The molecule has 0 saturated heterocycles. The van der Waals surface area contributed by atoms with Gasteiger partial charge in [-0.1, -0.05) is 24.3 Å². The second kappa shape index (κ2) is 7.67. The van der Waals surface area contributed by atoms with Crippen molar-refractivity contribution in [2.45, 2.75) is 26.0 Å². The molecule has 0 saturated carbocycles. The summed E-state index contributed by atoms with van der Waals surface area (Å²) in [6, 6.07) is 11.6. The van der Waals surface area contributed by atoms with Crippen LogP contribution in [0.2, 0.25) is 0 Å². The van der Waals surface area contributed by atoms with Crippen LogP contribution >= 0.6 is 0 Å². The van der Waals surface area contributed by atoms with Gasteiger partial charge in [-0.2, -0.15) is 10.1 Å². The summed E-state index contributed by atoms with van der Waals surface area (Å²) >= 11 is 0. The molecule has 144 valence electrons. The van der Waals surface area contributed by atoms with Crippen LogP contribution in [0.15, 0.2) is 48.8 Å². The molecule has 4 rings (SSSR count). The van der Waals surface area contributed by atoms with Gasteiger partial charge in [0.2, 0.25) is 11.9 Å². The smallest absolute Gasteiger partial charge is 0.229 e. The molecule has 1 amide bonds. The molecule has 0 radical (unpaired) electrons. The van der Waals surface area contributed by atoms with E-state index in [0.29, 0.717) is 29.6 Å². The van der Waals surface area contributed by atoms with Crippen LogP contribution in [0.1, 0.15) is 30.5 Å². The number of benzene rings is 2. The maximum absolute atomic E-state index is 13.8. The van der Waals surface area contributed by atoms with Crippen molar-refractivity contribution in [1.29, 1.82) is 0 Å². The van der Waals surface area contributed by atoms with Gasteiger partial charge < -0.3 is 9.47 Å². The highest BCUT2D eigenvalue weighted by Crippen LogP contribution is 2.35. The van der Waals surface area contributed by atoms with Gasteiger partial charge >= 0.3 is 0 Å². The number of ether oxygens (including phenoxy) is 2. The minimum Gasteiger partial charge on any atom is -0.490 e. The fraction of sp³-hybridized carbons (Fsp3) is 0.250. The Bertz CT molecular complexity index is 1000. The second-order valence-corrected chi connectivity index (χ2v) is 6.32. The number of carbonyl (C=O) groups excluding carboxylic acids is 1. The Labute approximate surface area is 161 Å². The van der Waals surface area contributed by atoms with E-state index < -0.39 is 0 Å². The SMILES string of the molecule is CCOc1cc([C@H]2CC(=O)Nc3ncnn32)ccc1OCc1ccccc1F. The van der Waals surface area contributed by atoms with Crippen molar-refractivity contribution in [1.82, 2.24) is 14.8 Å². The normalized spacial score (nSPS) is 15.6. The Balaban J connectivity index is 1.61. The van der Waals surface area contributed by atoms with Crippen LogP contribution in [0, 0.1) is 5.82 Å². The molecular formula is C20H19FN4O3. The Hall–Kier alpha value is -3.42. The van der Waals surface area contributed by atoms with Crippen molar-refractivity contribution in [2.75, 3.05) is 11.9 Å². The van der Waals surface area contributed by atoms with Crippen LogP contribution in [0.3, 0.4) is 0 Å². The van der Waals surface area contributed by atoms with E-state index in [1.54, 1.807) is 28.9 Å². The number of anilines is 1. The average molecular weight is 382 g/mol. The Morgan fingerprint density at radius 2 is 2.07 bits per heavy atom. The van der Waals surface area contributed by atoms with Crippen LogP contribution in [0.5, 0.6) is 11.5 Å². The van der Waals surface area contributed by atoms with Crippen molar-refractivity contribution >= 4 is 11.9 Å². The van der Waals surface area contributed by atoms with Gasteiger partial charge in [-0.25, -0.2) is 9.07 Å². The number of carbonyl (C=O) groups is 1. The van der Waals surface area contributed by atoms with Gasteiger partial charge in [0.05, 0.1) is 19.1 Å². The third-order valence-electron chi connectivity index (χ3n) is 4.49. The van der Waals surface area contributed by atoms with Crippen LogP contribution in [0.25, 0.3) is 0 Å². The van der Waals surface area contributed by atoms with Crippen molar-refractivity contribution < 1.29 is 18.7 Å². The molecule has 1 aliphatic rings. The second-order valence-electron chi connectivity index (χ2n) is 6.32. The number of nitrogens with zero attached hydrogens (tertiary/aromatic N) is 3. The van der Waals surface area contributed by atoms with Crippen molar-refractivity contribution in [3.63, 3.8) is 0 Å². The largest absolute Gasteiger partial charge is 0.490 e. The molecule has 1 N–H and O–H groups in total. The number of halogens is 1. The minimum absolute atomic E-state index is 0.0884. The lowest BCUT2D eigenvalue weighted by Gasteiger charge is -2.24. The number of hydrogen-bond donors (Lipinski definition) is 1.